The van der Waals surface area contributed by atoms with Crippen LogP contribution in [-0.2, 0) is 6.18 Å². The molecule has 0 saturated heterocycles. The number of nitrogens with one attached hydrogen (secondary N) is 1. The van der Waals surface area contributed by atoms with E-state index in [1.807, 2.05) is 0 Å². The minimum atomic E-state index is -4.44. The number of thiazole rings is 1. The van der Waals surface area contributed by atoms with E-state index >= 15 is 0 Å². The van der Waals surface area contributed by atoms with Gasteiger partial charge in [0.15, 0.2) is 0 Å². The quantitative estimate of drug-likeness (QED) is 0.624. The maximum absolute atomic E-state index is 13.3. The molecule has 3 aromatic rings. The smallest absolute Gasteiger partial charge is 0.384 e. The third kappa shape index (κ3) is 4.37. The summed E-state index contributed by atoms with van der Waals surface area (Å²) in [5, 5.41) is 13.1. The van der Waals surface area contributed by atoms with Gasteiger partial charge in [0.25, 0.3) is 5.91 Å². The Labute approximate surface area is 168 Å². The fourth-order valence-electron chi connectivity index (χ4n) is 2.78. The molecule has 3 N–H and O–H groups in total. The van der Waals surface area contributed by atoms with E-state index in [1.54, 1.807) is 12.1 Å². The molecule has 1 saturated carbocycles. The first-order chi connectivity index (χ1) is 13.8. The number of amides is 1. The van der Waals surface area contributed by atoms with Gasteiger partial charge in [0.2, 0.25) is 0 Å². The Morgan fingerprint density at radius 2 is 1.90 bits per heavy atom. The molecular formula is C19H16F3N5OS. The fraction of sp³-hybridized carbons (Fsp3) is 0.263. The van der Waals surface area contributed by atoms with Crippen molar-refractivity contribution in [2.24, 2.45) is 11.7 Å². The lowest BCUT2D eigenvalue weighted by Crippen LogP contribution is -2.12. The summed E-state index contributed by atoms with van der Waals surface area (Å²) in [6, 6.07) is 7.19. The highest BCUT2D eigenvalue weighted by molar-refractivity contribution is 7.13. The molecule has 1 aliphatic rings. The Morgan fingerprint density at radius 3 is 2.48 bits per heavy atom. The summed E-state index contributed by atoms with van der Waals surface area (Å²) in [7, 11) is 0. The Morgan fingerprint density at radius 1 is 1.17 bits per heavy atom. The number of carbonyl (C=O) groups excluding carboxylic acids is 1. The molecule has 4 rings (SSSR count). The molecule has 29 heavy (non-hydrogen) atoms. The Balaban J connectivity index is 1.61. The third-order valence-corrected chi connectivity index (χ3v) is 5.40. The van der Waals surface area contributed by atoms with E-state index < -0.39 is 17.6 Å². The van der Waals surface area contributed by atoms with E-state index in [9.17, 15) is 18.0 Å². The van der Waals surface area contributed by atoms with Crippen molar-refractivity contribution < 1.29 is 18.0 Å². The largest absolute Gasteiger partial charge is 0.418 e. The van der Waals surface area contributed by atoms with Crippen LogP contribution in [0.15, 0.2) is 35.7 Å². The van der Waals surface area contributed by atoms with Crippen molar-refractivity contribution in [3.8, 4) is 22.0 Å². The number of aromatic nitrogens is 3. The monoisotopic (exact) mass is 419 g/mol. The molecule has 1 aromatic carbocycles. The molecule has 1 amide bonds. The number of hydrogen-bond acceptors (Lipinski definition) is 6. The topological polar surface area (TPSA) is 93.8 Å². The number of rotatable bonds is 6. The molecule has 0 radical (unpaired) electrons. The SMILES string of the molecule is NC(=O)c1csc(-c2ccc(-c3ccc(C(F)(F)F)c(NCC4CC4)c3)nn2)n1. The lowest BCUT2D eigenvalue weighted by Gasteiger charge is -2.16. The summed E-state index contributed by atoms with van der Waals surface area (Å²) < 4.78 is 39.9. The molecule has 0 bridgehead atoms. The van der Waals surface area contributed by atoms with Crippen molar-refractivity contribution in [2.75, 3.05) is 11.9 Å². The van der Waals surface area contributed by atoms with Crippen LogP contribution in [0, 0.1) is 5.92 Å². The maximum atomic E-state index is 13.3. The lowest BCUT2D eigenvalue weighted by atomic mass is 10.1. The number of nitrogens with zero attached hydrogens (tertiary/aromatic N) is 3. The van der Waals surface area contributed by atoms with Crippen LogP contribution in [0.4, 0.5) is 18.9 Å². The van der Waals surface area contributed by atoms with Gasteiger partial charge in [0.05, 0.1) is 11.3 Å². The molecule has 0 atom stereocenters. The van der Waals surface area contributed by atoms with Gasteiger partial charge in [-0.15, -0.1) is 21.5 Å². The average molecular weight is 419 g/mol. The van der Waals surface area contributed by atoms with E-state index in [0.29, 0.717) is 34.4 Å². The fourth-order valence-corrected chi connectivity index (χ4v) is 3.55. The highest BCUT2D eigenvalue weighted by Gasteiger charge is 2.34. The molecule has 0 aliphatic heterocycles. The van der Waals surface area contributed by atoms with Gasteiger partial charge in [-0.25, -0.2) is 4.98 Å². The number of anilines is 1. The van der Waals surface area contributed by atoms with Crippen molar-refractivity contribution in [1.29, 1.82) is 0 Å². The van der Waals surface area contributed by atoms with Crippen LogP contribution in [0.25, 0.3) is 22.0 Å². The lowest BCUT2D eigenvalue weighted by molar-refractivity contribution is -0.136. The van der Waals surface area contributed by atoms with Crippen LogP contribution in [0.5, 0.6) is 0 Å². The molecule has 0 spiro atoms. The van der Waals surface area contributed by atoms with Crippen LogP contribution >= 0.6 is 11.3 Å². The first-order valence-electron chi connectivity index (χ1n) is 8.86. The third-order valence-electron chi connectivity index (χ3n) is 4.54. The molecule has 1 fully saturated rings. The van der Waals surface area contributed by atoms with E-state index in [4.69, 9.17) is 5.73 Å². The number of alkyl halides is 3. The highest BCUT2D eigenvalue weighted by atomic mass is 32.1. The summed E-state index contributed by atoms with van der Waals surface area (Å²) in [5.41, 5.74) is 6.08. The summed E-state index contributed by atoms with van der Waals surface area (Å²) in [4.78, 5) is 15.2. The maximum Gasteiger partial charge on any atom is 0.418 e. The Bertz CT molecular complexity index is 1040. The van der Waals surface area contributed by atoms with E-state index in [0.717, 1.165) is 18.9 Å². The van der Waals surface area contributed by atoms with Crippen LogP contribution < -0.4 is 11.1 Å². The zero-order valence-corrected chi connectivity index (χ0v) is 15.8. The summed E-state index contributed by atoms with van der Waals surface area (Å²) in [6.07, 6.45) is -2.37. The minimum Gasteiger partial charge on any atom is -0.384 e. The summed E-state index contributed by atoms with van der Waals surface area (Å²) in [5.74, 6) is -0.199. The number of halogens is 3. The van der Waals surface area contributed by atoms with Crippen LogP contribution in [0.1, 0.15) is 28.9 Å². The molecule has 2 aromatic heterocycles. The van der Waals surface area contributed by atoms with Crippen molar-refractivity contribution in [2.45, 2.75) is 19.0 Å². The average Bonchev–Trinajstić information content (AvgIpc) is 3.38. The van der Waals surface area contributed by atoms with Gasteiger partial charge in [-0.1, -0.05) is 6.07 Å². The van der Waals surface area contributed by atoms with Crippen LogP contribution in [-0.4, -0.2) is 27.6 Å². The second kappa shape index (κ2) is 7.43. The minimum absolute atomic E-state index is 0.0406. The number of nitrogens with two attached hydrogens (primary N) is 1. The number of carbonyl (C=O) groups is 1. The van der Waals surface area contributed by atoms with Crippen molar-refractivity contribution in [3.05, 3.63) is 47.0 Å². The van der Waals surface area contributed by atoms with E-state index in [-0.39, 0.29) is 11.4 Å². The van der Waals surface area contributed by atoms with E-state index in [2.05, 4.69) is 20.5 Å². The van der Waals surface area contributed by atoms with Gasteiger partial charge >= 0.3 is 6.18 Å². The van der Waals surface area contributed by atoms with Crippen molar-refractivity contribution >= 4 is 22.9 Å². The zero-order chi connectivity index (χ0) is 20.6. The normalized spacial score (nSPS) is 14.0. The molecule has 2 heterocycles. The first-order valence-corrected chi connectivity index (χ1v) is 9.74. The predicted octanol–water partition coefficient (Wildman–Crippen LogP) is 4.21. The molecule has 0 unspecified atom stereocenters. The molecular weight excluding hydrogens is 403 g/mol. The Kier molecular flexibility index (Phi) is 4.95. The van der Waals surface area contributed by atoms with Gasteiger partial charge < -0.3 is 11.1 Å². The highest BCUT2D eigenvalue weighted by Crippen LogP contribution is 2.38. The van der Waals surface area contributed by atoms with Gasteiger partial charge in [-0.05, 0) is 43.0 Å². The van der Waals surface area contributed by atoms with Gasteiger partial charge in [-0.2, -0.15) is 13.2 Å². The number of hydrogen-bond donors (Lipinski definition) is 2. The second-order valence-electron chi connectivity index (χ2n) is 6.79. The molecule has 1 aliphatic carbocycles. The number of benzene rings is 1. The zero-order valence-electron chi connectivity index (χ0n) is 15.0. The van der Waals surface area contributed by atoms with Gasteiger partial charge in [-0.3, -0.25) is 4.79 Å². The standard InChI is InChI=1S/C19H16F3N5OS/c20-19(21,22)12-4-3-11(7-15(12)24-8-10-1-2-10)13-5-6-14(27-26-13)18-25-16(9-29-18)17(23)28/h3-7,9-10,24H,1-2,8H2,(H2,23,28). The summed E-state index contributed by atoms with van der Waals surface area (Å²) in [6.45, 7) is 0.517. The van der Waals surface area contributed by atoms with Crippen molar-refractivity contribution in [3.63, 3.8) is 0 Å². The van der Waals surface area contributed by atoms with E-state index in [1.165, 1.54) is 28.8 Å². The first kappa shape index (κ1) is 19.3. The molecule has 150 valence electrons. The van der Waals surface area contributed by atoms with Gasteiger partial charge in [0, 0.05) is 23.2 Å². The molecule has 6 nitrogen and oxygen atoms in total. The summed E-state index contributed by atoms with van der Waals surface area (Å²) >= 11 is 1.21. The second-order valence-corrected chi connectivity index (χ2v) is 7.65. The van der Waals surface area contributed by atoms with Gasteiger partial charge in [0.1, 0.15) is 16.4 Å². The van der Waals surface area contributed by atoms with Crippen molar-refractivity contribution in [1.82, 2.24) is 15.2 Å². The molecule has 10 heteroatoms. The van der Waals surface area contributed by atoms with Crippen LogP contribution in [0.3, 0.4) is 0 Å². The van der Waals surface area contributed by atoms with Crippen LogP contribution in [0.2, 0.25) is 0 Å². The number of primary amides is 1. The Hall–Kier alpha value is -3.01. The predicted molar refractivity (Wildman–Crippen MR) is 103 cm³/mol.